The molecule has 0 N–H and O–H groups in total. The molecule has 0 bridgehead atoms. The summed E-state index contributed by atoms with van der Waals surface area (Å²) in [4.78, 5) is 19.9. The molecule has 0 fully saturated rings. The van der Waals surface area contributed by atoms with E-state index in [-0.39, 0.29) is 5.78 Å². The number of benzene rings is 2. The molecule has 52 heavy (non-hydrogen) atoms. The average molecular weight is 717 g/mol. The summed E-state index contributed by atoms with van der Waals surface area (Å²) in [5, 5.41) is 0. The van der Waals surface area contributed by atoms with E-state index in [9.17, 15) is 4.79 Å². The van der Waals surface area contributed by atoms with Gasteiger partial charge in [0.05, 0.1) is 0 Å². The van der Waals surface area contributed by atoms with Crippen LogP contribution in [0.3, 0.4) is 0 Å². The Hall–Kier alpha value is -2.29. The normalized spacial score (nSPS) is 11.3. The van der Waals surface area contributed by atoms with Crippen molar-refractivity contribution in [2.75, 3.05) is 36.0 Å². The van der Waals surface area contributed by atoms with E-state index in [1.54, 1.807) is 0 Å². The topological polar surface area (TPSA) is 23.6 Å². The summed E-state index contributed by atoms with van der Waals surface area (Å²) in [5.74, 6) is 0.194. The number of para-hydroxylation sites is 2. The molecule has 296 valence electrons. The maximum atomic E-state index is 14.8. The van der Waals surface area contributed by atoms with Crippen LogP contribution in [0.2, 0.25) is 0 Å². The predicted octanol–water partition coefficient (Wildman–Crippen LogP) is 15.5. The lowest BCUT2D eigenvalue weighted by Crippen LogP contribution is -2.29. The Kier molecular flexibility index (Phi) is 28.4. The van der Waals surface area contributed by atoms with Gasteiger partial charge in [-0.25, -0.2) is 0 Å². The Labute approximate surface area is 324 Å². The molecule has 0 atom stereocenters. The molecule has 0 aliphatic heterocycles. The van der Waals surface area contributed by atoms with Crippen LogP contribution in [0, 0.1) is 0 Å². The highest BCUT2D eigenvalue weighted by atomic mass is 16.1. The van der Waals surface area contributed by atoms with Gasteiger partial charge >= 0.3 is 0 Å². The number of nitrogens with zero attached hydrogens (tertiary/aromatic N) is 2. The fourth-order valence-electron chi connectivity index (χ4n) is 7.77. The van der Waals surface area contributed by atoms with Crippen LogP contribution < -0.4 is 9.80 Å². The molecule has 3 nitrogen and oxygen atoms in total. The molecule has 0 saturated carbocycles. The molecule has 0 spiro atoms. The molecule has 2 rings (SSSR count). The minimum absolute atomic E-state index is 0.194. The summed E-state index contributed by atoms with van der Waals surface area (Å²) in [5.41, 5.74) is 4.05. The summed E-state index contributed by atoms with van der Waals surface area (Å²) in [6.45, 7) is 13.3. The highest BCUT2D eigenvalue weighted by Gasteiger charge is 2.22. The van der Waals surface area contributed by atoms with Crippen molar-refractivity contribution in [2.45, 2.75) is 207 Å². The summed E-state index contributed by atoms with van der Waals surface area (Å²) in [6.07, 6.45) is 36.7. The predicted molar refractivity (Wildman–Crippen MR) is 233 cm³/mol. The molecule has 0 amide bonds. The zero-order chi connectivity index (χ0) is 37.3. The van der Waals surface area contributed by atoms with Gasteiger partial charge in [0.2, 0.25) is 0 Å². The maximum absolute atomic E-state index is 14.8. The SMILES string of the molecule is CCCCCCCCCN(CCCCCCCCC)c1ccccc1C(=O)c1ccccc1N(CCCCCCCCC)CCCCCCCCC. The monoisotopic (exact) mass is 717 g/mol. The quantitative estimate of drug-likeness (QED) is 0.0518. The second-order valence-electron chi connectivity index (χ2n) is 15.8. The van der Waals surface area contributed by atoms with Gasteiger partial charge in [0.25, 0.3) is 0 Å². The molecule has 0 aliphatic rings. The Balaban J connectivity index is 2.23. The first-order valence-electron chi connectivity index (χ1n) is 22.9. The number of anilines is 2. The number of ketones is 1. The van der Waals surface area contributed by atoms with E-state index >= 15 is 0 Å². The number of carbonyl (C=O) groups is 1. The van der Waals surface area contributed by atoms with Crippen LogP contribution in [-0.2, 0) is 0 Å². The smallest absolute Gasteiger partial charge is 0.197 e. The van der Waals surface area contributed by atoms with Gasteiger partial charge in [-0.05, 0) is 49.9 Å². The van der Waals surface area contributed by atoms with Crippen molar-refractivity contribution in [3.8, 4) is 0 Å². The number of rotatable bonds is 36. The van der Waals surface area contributed by atoms with E-state index in [2.05, 4.69) is 86.0 Å². The molecule has 0 radical (unpaired) electrons. The lowest BCUT2D eigenvalue weighted by atomic mass is 9.98. The van der Waals surface area contributed by atoms with Crippen LogP contribution in [-0.4, -0.2) is 32.0 Å². The molecule has 0 heterocycles. The van der Waals surface area contributed by atoms with Crippen LogP contribution in [0.1, 0.15) is 223 Å². The Morgan fingerprint density at radius 2 is 0.577 bits per heavy atom. The Morgan fingerprint density at radius 1 is 0.346 bits per heavy atom. The summed E-state index contributed by atoms with van der Waals surface area (Å²) >= 11 is 0. The van der Waals surface area contributed by atoms with Crippen molar-refractivity contribution < 1.29 is 4.79 Å². The molecule has 2 aromatic carbocycles. The van der Waals surface area contributed by atoms with Crippen molar-refractivity contribution in [3.63, 3.8) is 0 Å². The molecule has 0 unspecified atom stereocenters. The molecular formula is C49H84N2O. The van der Waals surface area contributed by atoms with Crippen molar-refractivity contribution >= 4 is 17.2 Å². The fourth-order valence-corrected chi connectivity index (χ4v) is 7.77. The molecule has 3 heteroatoms. The van der Waals surface area contributed by atoms with Gasteiger partial charge in [0, 0.05) is 48.7 Å². The van der Waals surface area contributed by atoms with Crippen molar-refractivity contribution in [1.82, 2.24) is 0 Å². The zero-order valence-corrected chi connectivity index (χ0v) is 35.0. The lowest BCUT2D eigenvalue weighted by Gasteiger charge is -2.29. The second kappa shape index (κ2) is 32.2. The van der Waals surface area contributed by atoms with E-state index in [1.165, 1.54) is 180 Å². The van der Waals surface area contributed by atoms with Gasteiger partial charge < -0.3 is 9.80 Å². The van der Waals surface area contributed by atoms with Gasteiger partial charge in [-0.15, -0.1) is 0 Å². The van der Waals surface area contributed by atoms with Gasteiger partial charge in [-0.3, -0.25) is 4.79 Å². The largest absolute Gasteiger partial charge is 0.371 e. The number of hydrogen-bond donors (Lipinski definition) is 0. The highest BCUT2D eigenvalue weighted by Crippen LogP contribution is 2.30. The van der Waals surface area contributed by atoms with Crippen LogP contribution >= 0.6 is 0 Å². The van der Waals surface area contributed by atoms with Crippen molar-refractivity contribution in [3.05, 3.63) is 59.7 Å². The first-order chi connectivity index (χ1) is 25.7. The van der Waals surface area contributed by atoms with Crippen molar-refractivity contribution in [2.24, 2.45) is 0 Å². The number of hydrogen-bond acceptors (Lipinski definition) is 3. The van der Waals surface area contributed by atoms with E-state index < -0.39 is 0 Å². The maximum Gasteiger partial charge on any atom is 0.197 e. The van der Waals surface area contributed by atoms with Crippen LogP contribution in [0.5, 0.6) is 0 Å². The third-order valence-electron chi connectivity index (χ3n) is 11.1. The minimum atomic E-state index is 0.194. The van der Waals surface area contributed by atoms with E-state index in [0.717, 1.165) is 48.7 Å². The molecular weight excluding hydrogens is 633 g/mol. The van der Waals surface area contributed by atoms with Crippen LogP contribution in [0.15, 0.2) is 48.5 Å². The van der Waals surface area contributed by atoms with Crippen molar-refractivity contribution in [1.29, 1.82) is 0 Å². The second-order valence-corrected chi connectivity index (χ2v) is 15.8. The summed E-state index contributed by atoms with van der Waals surface area (Å²) in [6, 6.07) is 17.1. The van der Waals surface area contributed by atoms with Gasteiger partial charge in [0.15, 0.2) is 5.78 Å². The average Bonchev–Trinajstić information content (AvgIpc) is 3.17. The molecule has 2 aromatic rings. The standard InChI is InChI=1S/C49H84N2O/c1-5-9-13-17-21-25-33-41-50(42-34-26-22-18-14-10-6-2)47-39-31-29-37-45(47)49(52)46-38-30-32-40-48(46)51(43-35-27-23-19-15-11-7-3)44-36-28-24-20-16-12-8-4/h29-32,37-40H,5-28,33-36,41-44H2,1-4H3. The molecule has 0 saturated heterocycles. The molecule has 0 aromatic heterocycles. The van der Waals surface area contributed by atoms with E-state index in [4.69, 9.17) is 0 Å². The number of carbonyl (C=O) groups excluding carboxylic acids is 1. The minimum Gasteiger partial charge on any atom is -0.371 e. The van der Waals surface area contributed by atoms with Crippen LogP contribution in [0.4, 0.5) is 11.4 Å². The van der Waals surface area contributed by atoms with Gasteiger partial charge in [-0.1, -0.05) is 206 Å². The fraction of sp³-hybridized carbons (Fsp3) is 0.735. The zero-order valence-electron chi connectivity index (χ0n) is 35.0. The van der Waals surface area contributed by atoms with Gasteiger partial charge in [-0.2, -0.15) is 0 Å². The Bertz CT molecular complexity index is 991. The number of unbranched alkanes of at least 4 members (excludes halogenated alkanes) is 24. The van der Waals surface area contributed by atoms with Gasteiger partial charge in [0.1, 0.15) is 0 Å². The first kappa shape index (κ1) is 45.9. The third kappa shape index (κ3) is 20.2. The van der Waals surface area contributed by atoms with Crippen LogP contribution in [0.25, 0.3) is 0 Å². The van der Waals surface area contributed by atoms with E-state index in [1.807, 2.05) is 0 Å². The molecule has 0 aliphatic carbocycles. The first-order valence-corrected chi connectivity index (χ1v) is 22.9. The van der Waals surface area contributed by atoms with E-state index in [0.29, 0.717) is 0 Å². The summed E-state index contributed by atoms with van der Waals surface area (Å²) in [7, 11) is 0. The highest BCUT2D eigenvalue weighted by molar-refractivity contribution is 6.15. The summed E-state index contributed by atoms with van der Waals surface area (Å²) < 4.78 is 0. The third-order valence-corrected chi connectivity index (χ3v) is 11.1. The Morgan fingerprint density at radius 3 is 0.846 bits per heavy atom. The lowest BCUT2D eigenvalue weighted by molar-refractivity contribution is 0.103.